The van der Waals surface area contributed by atoms with Gasteiger partial charge in [0, 0.05) is 17.5 Å². The van der Waals surface area contributed by atoms with E-state index < -0.39 is 11.4 Å². The molecule has 23 heavy (non-hydrogen) atoms. The molecule has 1 aromatic heterocycles. The number of nitrogens with one attached hydrogen (secondary N) is 1. The van der Waals surface area contributed by atoms with Gasteiger partial charge in [-0.25, -0.2) is 4.98 Å². The third kappa shape index (κ3) is 3.34. The monoisotopic (exact) mass is 370 g/mol. The first kappa shape index (κ1) is 16.2. The number of aromatic nitrogens is 1. The molecule has 1 amide bonds. The van der Waals surface area contributed by atoms with E-state index >= 15 is 0 Å². The fraction of sp³-hybridized carbons (Fsp3) is 0.267. The summed E-state index contributed by atoms with van der Waals surface area (Å²) >= 11 is 13.2. The van der Waals surface area contributed by atoms with Gasteiger partial charge in [0.05, 0.1) is 15.5 Å². The average molecular weight is 371 g/mol. The number of carboxylic acid groups (broad SMARTS) is 1. The summed E-state index contributed by atoms with van der Waals surface area (Å²) in [6.45, 7) is 0.126. The Morgan fingerprint density at radius 2 is 2.04 bits per heavy atom. The van der Waals surface area contributed by atoms with Crippen molar-refractivity contribution >= 4 is 46.4 Å². The molecule has 8 heteroatoms. The highest BCUT2D eigenvalue weighted by molar-refractivity contribution is 7.13. The van der Waals surface area contributed by atoms with Crippen LogP contribution in [-0.2, 0) is 4.79 Å². The third-order valence-corrected chi connectivity index (χ3v) is 5.43. The number of thiazole rings is 1. The van der Waals surface area contributed by atoms with Crippen molar-refractivity contribution in [2.75, 3.05) is 6.54 Å². The van der Waals surface area contributed by atoms with Crippen LogP contribution in [0.1, 0.15) is 23.3 Å². The van der Waals surface area contributed by atoms with Crippen LogP contribution in [0.4, 0.5) is 0 Å². The predicted octanol–water partition coefficient (Wildman–Crippen LogP) is 3.71. The smallest absolute Gasteiger partial charge is 0.311 e. The lowest BCUT2D eigenvalue weighted by Crippen LogP contribution is -2.34. The van der Waals surface area contributed by atoms with Gasteiger partial charge in [-0.05, 0) is 25.0 Å². The Bertz CT molecular complexity index is 787. The zero-order valence-corrected chi connectivity index (χ0v) is 14.1. The molecule has 0 bridgehead atoms. The van der Waals surface area contributed by atoms with Crippen molar-refractivity contribution in [1.82, 2.24) is 10.3 Å². The minimum atomic E-state index is -0.868. The van der Waals surface area contributed by atoms with E-state index in [4.69, 9.17) is 28.3 Å². The first-order valence-corrected chi connectivity index (χ1v) is 8.47. The van der Waals surface area contributed by atoms with Gasteiger partial charge >= 0.3 is 5.97 Å². The quantitative estimate of drug-likeness (QED) is 0.840. The summed E-state index contributed by atoms with van der Waals surface area (Å²) in [5.74, 6) is -1.24. The van der Waals surface area contributed by atoms with Crippen molar-refractivity contribution in [3.05, 3.63) is 39.3 Å². The van der Waals surface area contributed by atoms with Gasteiger partial charge < -0.3 is 10.4 Å². The topological polar surface area (TPSA) is 79.3 Å². The lowest BCUT2D eigenvalue weighted by Gasteiger charge is -2.09. The average Bonchev–Trinajstić information content (AvgIpc) is 3.16. The molecule has 1 aromatic carbocycles. The summed E-state index contributed by atoms with van der Waals surface area (Å²) in [6.07, 6.45) is 1.18. The molecule has 1 heterocycles. The number of nitrogens with zero attached hydrogens (tertiary/aromatic N) is 1. The van der Waals surface area contributed by atoms with Gasteiger partial charge in [-0.2, -0.15) is 0 Å². The van der Waals surface area contributed by atoms with Crippen LogP contribution < -0.4 is 5.32 Å². The van der Waals surface area contributed by atoms with Crippen LogP contribution in [0, 0.1) is 5.41 Å². The molecule has 0 saturated heterocycles. The van der Waals surface area contributed by atoms with Crippen molar-refractivity contribution in [3.63, 3.8) is 0 Å². The number of amides is 1. The highest BCUT2D eigenvalue weighted by Gasteiger charge is 2.50. The standard InChI is InChI=1S/C15H12Cl2N2O3S/c16-9-2-1-8(5-10(9)17)13-19-11(6-23-13)12(20)18-7-15(3-4-15)14(21)22/h1-2,5-6H,3-4,7H2,(H,18,20)(H,21,22). The van der Waals surface area contributed by atoms with Crippen LogP contribution in [0.25, 0.3) is 10.6 Å². The van der Waals surface area contributed by atoms with E-state index in [-0.39, 0.29) is 18.1 Å². The van der Waals surface area contributed by atoms with E-state index in [2.05, 4.69) is 10.3 Å². The molecule has 2 aromatic rings. The van der Waals surface area contributed by atoms with Crippen molar-refractivity contribution in [1.29, 1.82) is 0 Å². The number of carboxylic acids is 1. The maximum Gasteiger partial charge on any atom is 0.311 e. The zero-order valence-electron chi connectivity index (χ0n) is 11.8. The number of benzene rings is 1. The molecule has 0 atom stereocenters. The summed E-state index contributed by atoms with van der Waals surface area (Å²) in [6, 6.07) is 5.14. The normalized spacial score (nSPS) is 15.2. The maximum atomic E-state index is 12.1. The molecule has 0 unspecified atom stereocenters. The van der Waals surface area contributed by atoms with E-state index in [9.17, 15) is 9.59 Å². The Balaban J connectivity index is 1.70. The van der Waals surface area contributed by atoms with Gasteiger partial charge in [0.1, 0.15) is 10.7 Å². The van der Waals surface area contributed by atoms with Crippen LogP contribution in [0.5, 0.6) is 0 Å². The van der Waals surface area contributed by atoms with Gasteiger partial charge in [0.15, 0.2) is 0 Å². The second kappa shape index (κ2) is 6.11. The fourth-order valence-electron chi connectivity index (χ4n) is 2.10. The van der Waals surface area contributed by atoms with Gasteiger partial charge in [-0.15, -0.1) is 11.3 Å². The number of carbonyl (C=O) groups excluding carboxylic acids is 1. The maximum absolute atomic E-state index is 12.1. The predicted molar refractivity (Wildman–Crippen MR) is 89.2 cm³/mol. The first-order chi connectivity index (χ1) is 10.9. The zero-order chi connectivity index (χ0) is 16.6. The molecule has 120 valence electrons. The Morgan fingerprint density at radius 3 is 2.65 bits per heavy atom. The van der Waals surface area contributed by atoms with E-state index in [0.29, 0.717) is 27.9 Å². The summed E-state index contributed by atoms with van der Waals surface area (Å²) < 4.78 is 0. The minimum absolute atomic E-state index is 0.126. The summed E-state index contributed by atoms with van der Waals surface area (Å²) in [5.41, 5.74) is 0.239. The lowest BCUT2D eigenvalue weighted by molar-refractivity contribution is -0.143. The second-order valence-corrected chi connectivity index (χ2v) is 7.11. The largest absolute Gasteiger partial charge is 0.481 e. The molecular formula is C15H12Cl2N2O3S. The number of carbonyl (C=O) groups is 2. The van der Waals surface area contributed by atoms with Crippen LogP contribution in [-0.4, -0.2) is 28.5 Å². The number of hydrogen-bond acceptors (Lipinski definition) is 4. The van der Waals surface area contributed by atoms with E-state index in [0.717, 1.165) is 5.56 Å². The van der Waals surface area contributed by atoms with Crippen LogP contribution >= 0.6 is 34.5 Å². The van der Waals surface area contributed by atoms with E-state index in [1.54, 1.807) is 23.6 Å². The molecule has 0 spiro atoms. The Kier molecular flexibility index (Phi) is 4.31. The molecule has 1 fully saturated rings. The van der Waals surface area contributed by atoms with Crippen molar-refractivity contribution in [2.45, 2.75) is 12.8 Å². The fourth-order valence-corrected chi connectivity index (χ4v) is 3.19. The molecule has 3 rings (SSSR count). The number of rotatable bonds is 5. The minimum Gasteiger partial charge on any atom is -0.481 e. The van der Waals surface area contributed by atoms with Crippen LogP contribution in [0.2, 0.25) is 10.0 Å². The molecule has 5 nitrogen and oxygen atoms in total. The van der Waals surface area contributed by atoms with Gasteiger partial charge in [-0.3, -0.25) is 9.59 Å². The van der Waals surface area contributed by atoms with E-state index in [1.807, 2.05) is 0 Å². The van der Waals surface area contributed by atoms with Crippen molar-refractivity contribution < 1.29 is 14.7 Å². The number of hydrogen-bond donors (Lipinski definition) is 2. The van der Waals surface area contributed by atoms with Gasteiger partial charge in [-0.1, -0.05) is 29.3 Å². The van der Waals surface area contributed by atoms with E-state index in [1.165, 1.54) is 11.3 Å². The SMILES string of the molecule is O=C(NCC1(C(=O)O)CC1)c1csc(-c2ccc(Cl)c(Cl)c2)n1. The number of aliphatic carboxylic acids is 1. The summed E-state index contributed by atoms with van der Waals surface area (Å²) in [4.78, 5) is 27.5. The summed E-state index contributed by atoms with van der Waals surface area (Å²) in [5, 5.41) is 14.9. The molecule has 1 aliphatic carbocycles. The number of halogens is 2. The lowest BCUT2D eigenvalue weighted by atomic mass is 10.1. The second-order valence-electron chi connectivity index (χ2n) is 5.43. The molecule has 0 radical (unpaired) electrons. The highest BCUT2D eigenvalue weighted by atomic mass is 35.5. The third-order valence-electron chi connectivity index (χ3n) is 3.80. The molecule has 2 N–H and O–H groups in total. The summed E-state index contributed by atoms with van der Waals surface area (Å²) in [7, 11) is 0. The Labute approximate surface area is 146 Å². The Morgan fingerprint density at radius 1 is 1.30 bits per heavy atom. The van der Waals surface area contributed by atoms with Crippen LogP contribution in [0.3, 0.4) is 0 Å². The molecule has 1 aliphatic rings. The van der Waals surface area contributed by atoms with Gasteiger partial charge in [0.25, 0.3) is 5.91 Å². The van der Waals surface area contributed by atoms with Crippen molar-refractivity contribution in [2.24, 2.45) is 5.41 Å². The Hall–Kier alpha value is -1.63. The van der Waals surface area contributed by atoms with Crippen LogP contribution in [0.15, 0.2) is 23.6 Å². The van der Waals surface area contributed by atoms with Crippen molar-refractivity contribution in [3.8, 4) is 10.6 Å². The van der Waals surface area contributed by atoms with Gasteiger partial charge in [0.2, 0.25) is 0 Å². The molecule has 0 aliphatic heterocycles. The first-order valence-electron chi connectivity index (χ1n) is 6.84. The molecule has 1 saturated carbocycles. The highest BCUT2D eigenvalue weighted by Crippen LogP contribution is 2.45. The molecular weight excluding hydrogens is 359 g/mol.